The molecule has 0 saturated heterocycles. The van der Waals surface area contributed by atoms with E-state index in [1.807, 2.05) is 13.8 Å². The number of ether oxygens (including phenoxy) is 2. The molecule has 3 rings (SSSR count). The topological polar surface area (TPSA) is 104 Å². The SMILES string of the molecule is CCOC(=O)c1cccc(NC(=O)COc2ncnc3oc(C)c(C)c23)c1. The largest absolute Gasteiger partial charge is 0.467 e. The summed E-state index contributed by atoms with van der Waals surface area (Å²) in [4.78, 5) is 32.1. The van der Waals surface area contributed by atoms with Crippen LogP contribution < -0.4 is 10.1 Å². The van der Waals surface area contributed by atoms with Gasteiger partial charge in [0.1, 0.15) is 17.5 Å². The molecule has 1 amide bonds. The third kappa shape index (κ3) is 4.05. The fourth-order valence-electron chi connectivity index (χ4n) is 2.53. The lowest BCUT2D eigenvalue weighted by Gasteiger charge is -2.09. The van der Waals surface area contributed by atoms with E-state index in [0.29, 0.717) is 22.4 Å². The van der Waals surface area contributed by atoms with Crippen molar-refractivity contribution >= 4 is 28.7 Å². The molecule has 0 aliphatic carbocycles. The highest BCUT2D eigenvalue weighted by Gasteiger charge is 2.16. The number of anilines is 1. The highest BCUT2D eigenvalue weighted by atomic mass is 16.5. The number of amides is 1. The quantitative estimate of drug-likeness (QED) is 0.666. The molecule has 0 bridgehead atoms. The van der Waals surface area contributed by atoms with Gasteiger partial charge in [-0.3, -0.25) is 4.79 Å². The fraction of sp³-hybridized carbons (Fsp3) is 0.263. The minimum Gasteiger partial charge on any atom is -0.467 e. The van der Waals surface area contributed by atoms with Crippen molar-refractivity contribution in [3.05, 3.63) is 47.5 Å². The van der Waals surface area contributed by atoms with Crippen LogP contribution >= 0.6 is 0 Å². The predicted octanol–water partition coefficient (Wildman–Crippen LogP) is 3.03. The van der Waals surface area contributed by atoms with Gasteiger partial charge in [-0.2, -0.15) is 0 Å². The second-order valence-electron chi connectivity index (χ2n) is 5.78. The van der Waals surface area contributed by atoms with E-state index in [9.17, 15) is 9.59 Å². The number of esters is 1. The highest BCUT2D eigenvalue weighted by Crippen LogP contribution is 2.29. The molecule has 1 N–H and O–H groups in total. The molecule has 27 heavy (non-hydrogen) atoms. The summed E-state index contributed by atoms with van der Waals surface area (Å²) in [5.74, 6) is 0.167. The molecule has 2 heterocycles. The Morgan fingerprint density at radius 2 is 2.04 bits per heavy atom. The fourth-order valence-corrected chi connectivity index (χ4v) is 2.53. The molecule has 0 aliphatic heterocycles. The lowest BCUT2D eigenvalue weighted by molar-refractivity contribution is -0.118. The monoisotopic (exact) mass is 369 g/mol. The van der Waals surface area contributed by atoms with Gasteiger partial charge in [0.25, 0.3) is 5.91 Å². The first-order valence-corrected chi connectivity index (χ1v) is 8.40. The molecule has 140 valence electrons. The molecule has 0 unspecified atom stereocenters. The van der Waals surface area contributed by atoms with Crippen molar-refractivity contribution in [1.82, 2.24) is 9.97 Å². The first-order valence-electron chi connectivity index (χ1n) is 8.40. The van der Waals surface area contributed by atoms with Crippen LogP contribution in [0.1, 0.15) is 28.6 Å². The van der Waals surface area contributed by atoms with Crippen molar-refractivity contribution in [1.29, 1.82) is 0 Å². The van der Waals surface area contributed by atoms with E-state index in [2.05, 4.69) is 15.3 Å². The van der Waals surface area contributed by atoms with Gasteiger partial charge >= 0.3 is 5.97 Å². The maximum Gasteiger partial charge on any atom is 0.338 e. The minimum absolute atomic E-state index is 0.251. The number of aromatic nitrogens is 2. The number of hydrogen-bond acceptors (Lipinski definition) is 7. The Bertz CT molecular complexity index is 996. The van der Waals surface area contributed by atoms with Crippen LogP contribution in [0.15, 0.2) is 35.0 Å². The summed E-state index contributed by atoms with van der Waals surface area (Å²) in [5.41, 5.74) is 2.11. The second kappa shape index (κ2) is 7.86. The van der Waals surface area contributed by atoms with Crippen LogP contribution in [-0.2, 0) is 9.53 Å². The van der Waals surface area contributed by atoms with Gasteiger partial charge in [-0.15, -0.1) is 0 Å². The number of benzene rings is 1. The Morgan fingerprint density at radius 1 is 1.22 bits per heavy atom. The smallest absolute Gasteiger partial charge is 0.338 e. The molecule has 1 aromatic carbocycles. The molecule has 0 atom stereocenters. The van der Waals surface area contributed by atoms with Crippen molar-refractivity contribution in [2.75, 3.05) is 18.5 Å². The number of hydrogen-bond donors (Lipinski definition) is 1. The Kier molecular flexibility index (Phi) is 5.35. The lowest BCUT2D eigenvalue weighted by atomic mass is 10.2. The maximum absolute atomic E-state index is 12.2. The van der Waals surface area contributed by atoms with Crippen molar-refractivity contribution < 1.29 is 23.5 Å². The Hall–Kier alpha value is -3.42. The number of carbonyl (C=O) groups excluding carboxylic acids is 2. The predicted molar refractivity (Wildman–Crippen MR) is 97.8 cm³/mol. The molecule has 8 nitrogen and oxygen atoms in total. The third-order valence-corrected chi connectivity index (χ3v) is 3.93. The van der Waals surface area contributed by atoms with E-state index in [1.54, 1.807) is 31.2 Å². The van der Waals surface area contributed by atoms with Crippen molar-refractivity contribution in [3.63, 3.8) is 0 Å². The van der Waals surface area contributed by atoms with Gasteiger partial charge in [-0.1, -0.05) is 6.07 Å². The molecule has 0 radical (unpaired) electrons. The number of fused-ring (bicyclic) bond motifs is 1. The number of nitrogens with zero attached hydrogens (tertiary/aromatic N) is 2. The van der Waals surface area contributed by atoms with E-state index in [0.717, 1.165) is 11.3 Å². The van der Waals surface area contributed by atoms with Crippen LogP contribution in [0.3, 0.4) is 0 Å². The van der Waals surface area contributed by atoms with Gasteiger partial charge in [0.2, 0.25) is 11.6 Å². The lowest BCUT2D eigenvalue weighted by Crippen LogP contribution is -2.20. The van der Waals surface area contributed by atoms with E-state index >= 15 is 0 Å². The van der Waals surface area contributed by atoms with Crippen molar-refractivity contribution in [3.8, 4) is 5.88 Å². The van der Waals surface area contributed by atoms with Crippen LogP contribution in [0, 0.1) is 13.8 Å². The zero-order chi connectivity index (χ0) is 19.4. The zero-order valence-corrected chi connectivity index (χ0v) is 15.2. The van der Waals surface area contributed by atoms with Crippen LogP contribution in [0.25, 0.3) is 11.1 Å². The number of furan rings is 1. The molecule has 8 heteroatoms. The van der Waals surface area contributed by atoms with Gasteiger partial charge in [0.15, 0.2) is 6.61 Å². The minimum atomic E-state index is -0.445. The molecule has 0 spiro atoms. The van der Waals surface area contributed by atoms with E-state index in [-0.39, 0.29) is 25.0 Å². The summed E-state index contributed by atoms with van der Waals surface area (Å²) in [5, 5.41) is 3.32. The molecular formula is C19H19N3O5. The number of rotatable bonds is 6. The molecule has 0 aliphatic rings. The van der Waals surface area contributed by atoms with Gasteiger partial charge < -0.3 is 19.2 Å². The first-order chi connectivity index (χ1) is 13.0. The van der Waals surface area contributed by atoms with Gasteiger partial charge in [0.05, 0.1) is 12.2 Å². The summed E-state index contributed by atoms with van der Waals surface area (Å²) < 4.78 is 16.0. The summed E-state index contributed by atoms with van der Waals surface area (Å²) >= 11 is 0. The van der Waals surface area contributed by atoms with E-state index < -0.39 is 5.97 Å². The molecule has 3 aromatic rings. The first kappa shape index (κ1) is 18.4. The van der Waals surface area contributed by atoms with E-state index in [1.165, 1.54) is 6.33 Å². The molecule has 2 aromatic heterocycles. The summed E-state index contributed by atoms with van der Waals surface area (Å²) in [6, 6.07) is 6.50. The molecular weight excluding hydrogens is 350 g/mol. The summed E-state index contributed by atoms with van der Waals surface area (Å²) in [7, 11) is 0. The van der Waals surface area contributed by atoms with Gasteiger partial charge in [0, 0.05) is 11.3 Å². The Balaban J connectivity index is 1.67. The Morgan fingerprint density at radius 3 is 2.81 bits per heavy atom. The zero-order valence-electron chi connectivity index (χ0n) is 15.2. The van der Waals surface area contributed by atoms with Crippen molar-refractivity contribution in [2.24, 2.45) is 0 Å². The van der Waals surface area contributed by atoms with E-state index in [4.69, 9.17) is 13.9 Å². The van der Waals surface area contributed by atoms with Crippen molar-refractivity contribution in [2.45, 2.75) is 20.8 Å². The van der Waals surface area contributed by atoms with Crippen LogP contribution in [0.5, 0.6) is 5.88 Å². The average Bonchev–Trinajstić information content (AvgIpc) is 2.95. The van der Waals surface area contributed by atoms with Crippen LogP contribution in [0.2, 0.25) is 0 Å². The standard InChI is InChI=1S/C19H19N3O5/c1-4-25-19(24)13-6-5-7-14(8-13)22-15(23)9-26-17-16-11(2)12(3)27-18(16)21-10-20-17/h5-8,10H,4,9H2,1-3H3,(H,22,23). The number of nitrogens with one attached hydrogen (secondary N) is 1. The normalized spacial score (nSPS) is 10.6. The third-order valence-electron chi connectivity index (χ3n) is 3.93. The summed E-state index contributed by atoms with van der Waals surface area (Å²) in [6.45, 7) is 5.46. The van der Waals surface area contributed by atoms with Crippen LogP contribution in [0.4, 0.5) is 5.69 Å². The van der Waals surface area contributed by atoms with Gasteiger partial charge in [-0.25, -0.2) is 14.8 Å². The maximum atomic E-state index is 12.2. The number of carbonyl (C=O) groups is 2. The Labute approximate surface area is 155 Å². The highest BCUT2D eigenvalue weighted by molar-refractivity contribution is 5.95. The summed E-state index contributed by atoms with van der Waals surface area (Å²) in [6.07, 6.45) is 1.32. The van der Waals surface area contributed by atoms with Gasteiger partial charge in [-0.05, 0) is 39.0 Å². The molecule has 0 saturated carbocycles. The number of aryl methyl sites for hydroxylation is 2. The molecule has 0 fully saturated rings. The van der Waals surface area contributed by atoms with Crippen LogP contribution in [-0.4, -0.2) is 35.1 Å². The second-order valence-corrected chi connectivity index (χ2v) is 5.78. The average molecular weight is 369 g/mol.